The quantitative estimate of drug-likeness (QED) is 0.152. The van der Waals surface area contributed by atoms with Crippen molar-refractivity contribution in [3.63, 3.8) is 0 Å². The minimum Gasteiger partial charge on any atom is -0.375 e. The average Bonchev–Trinajstić information content (AvgIpc) is 3.39. The molecule has 1 aromatic rings. The number of piperazine rings is 2. The van der Waals surface area contributed by atoms with E-state index < -0.39 is 10.9 Å². The minimum atomic E-state index is -0.423. The minimum absolute atomic E-state index is 0.210. The summed E-state index contributed by atoms with van der Waals surface area (Å²) < 4.78 is 0. The Morgan fingerprint density at radius 3 is 1.94 bits per heavy atom. The highest BCUT2D eigenvalue weighted by molar-refractivity contribution is 6.32. The molecule has 0 saturated carbocycles. The molecule has 0 radical (unpaired) electrons. The standard InChI is InChI=1S/C15H21ClN2O.C9H17ClN2O.C8H16N2O.C4H6N2O2/c1-4-14(19)18-7-5-17(6-8-18)13-9-11(2)15(16)12(3)10-13;1-7(6-13)12-8(11-4)5-9(2,3)10;1-3-8(11)10-5-4-9-7(2)6-10;1-2-3(7)6-4(8)5-2/h9-10H,4-8H2,1-3H3;5-7,11-12H,1-4H3;7,9H,3-6H2,1-2H3;2H,1H3,(H2,5,6,7,8)/b;8-5-;;/t;2*7-;2-/m.000/s1. The van der Waals surface area contributed by atoms with E-state index in [9.17, 15) is 24.0 Å². The van der Waals surface area contributed by atoms with Gasteiger partial charge in [-0.3, -0.25) is 19.7 Å². The summed E-state index contributed by atoms with van der Waals surface area (Å²) in [5.41, 5.74) is 3.44. The number of benzene rings is 1. The number of hydrogen-bond donors (Lipinski definition) is 5. The molecule has 0 aliphatic carbocycles. The second-order valence-corrected chi connectivity index (χ2v) is 14.6. The van der Waals surface area contributed by atoms with Gasteiger partial charge < -0.3 is 40.8 Å². The maximum absolute atomic E-state index is 11.7. The van der Waals surface area contributed by atoms with E-state index in [0.717, 1.165) is 74.1 Å². The van der Waals surface area contributed by atoms with Gasteiger partial charge in [0.2, 0.25) is 17.7 Å². The second kappa shape index (κ2) is 22.4. The van der Waals surface area contributed by atoms with Gasteiger partial charge in [-0.2, -0.15) is 0 Å². The molecule has 3 heterocycles. The number of rotatable bonds is 8. The SMILES string of the molecule is CCC(=O)N1CCN(c2cc(C)c(Cl)c(C)c2)CC1.CCC(=O)N1CCN[C@@H](C)C1.CN/C(=C/C(C)(C)Cl)N[C@@H](C)C=O.C[C@@H]1NC(=O)NC1=O. The van der Waals surface area contributed by atoms with Crippen molar-refractivity contribution in [3.05, 3.63) is 40.2 Å². The first-order valence-electron chi connectivity index (χ1n) is 17.6. The maximum Gasteiger partial charge on any atom is 0.322 e. The number of halogens is 2. The molecule has 3 fully saturated rings. The Hall–Kier alpha value is -3.55. The Kier molecular flexibility index (Phi) is 20.0. The summed E-state index contributed by atoms with van der Waals surface area (Å²) in [6.45, 7) is 23.3. The molecule has 51 heavy (non-hydrogen) atoms. The van der Waals surface area contributed by atoms with Gasteiger partial charge in [-0.25, -0.2) is 4.79 Å². The van der Waals surface area contributed by atoms with Gasteiger partial charge in [0, 0.05) is 82.5 Å². The zero-order chi connectivity index (χ0) is 38.9. The number of allylic oxidation sites excluding steroid dienone is 1. The zero-order valence-electron chi connectivity index (χ0n) is 32.0. The van der Waals surface area contributed by atoms with Crippen LogP contribution < -0.4 is 31.5 Å². The molecule has 3 atom stereocenters. The van der Waals surface area contributed by atoms with Crippen LogP contribution in [0.4, 0.5) is 10.5 Å². The molecule has 0 spiro atoms. The van der Waals surface area contributed by atoms with Gasteiger partial charge in [0.05, 0.1) is 16.7 Å². The largest absolute Gasteiger partial charge is 0.375 e. The van der Waals surface area contributed by atoms with Crippen LogP contribution in [0.15, 0.2) is 24.0 Å². The Morgan fingerprint density at radius 2 is 1.55 bits per heavy atom. The summed E-state index contributed by atoms with van der Waals surface area (Å²) in [6, 6.07) is 3.75. The monoisotopic (exact) mass is 754 g/mol. The number of hydrogen-bond acceptors (Lipinski definition) is 9. The molecule has 288 valence electrons. The highest BCUT2D eigenvalue weighted by Crippen LogP contribution is 2.27. The fourth-order valence-electron chi connectivity index (χ4n) is 5.25. The van der Waals surface area contributed by atoms with Crippen LogP contribution in [-0.4, -0.2) is 116 Å². The normalized spacial score (nSPS) is 19.5. The van der Waals surface area contributed by atoms with Gasteiger partial charge in [-0.05, 0) is 77.8 Å². The van der Waals surface area contributed by atoms with Gasteiger partial charge in [-0.1, -0.05) is 25.4 Å². The first-order valence-corrected chi connectivity index (χ1v) is 18.3. The third-order valence-corrected chi connectivity index (χ3v) is 8.77. The van der Waals surface area contributed by atoms with Gasteiger partial charge in [0.1, 0.15) is 12.3 Å². The molecule has 5 N–H and O–H groups in total. The van der Waals surface area contributed by atoms with Crippen molar-refractivity contribution in [3.8, 4) is 0 Å². The predicted octanol–water partition coefficient (Wildman–Crippen LogP) is 3.69. The number of imide groups is 1. The molecule has 5 amide bonds. The lowest BCUT2D eigenvalue weighted by molar-refractivity contribution is -0.132. The first kappa shape index (κ1) is 45.5. The Morgan fingerprint density at radius 1 is 1.00 bits per heavy atom. The topological polar surface area (TPSA) is 155 Å². The molecule has 15 heteroatoms. The summed E-state index contributed by atoms with van der Waals surface area (Å²) in [6.07, 6.45) is 3.90. The van der Waals surface area contributed by atoms with E-state index in [2.05, 4.69) is 50.5 Å². The number of nitrogens with one attached hydrogen (secondary N) is 5. The van der Waals surface area contributed by atoms with Crippen LogP contribution in [0.2, 0.25) is 5.02 Å². The molecular weight excluding hydrogens is 695 g/mol. The number of aryl methyl sites for hydroxylation is 2. The molecule has 4 rings (SSSR count). The van der Waals surface area contributed by atoms with Gasteiger partial charge in [-0.15, -0.1) is 11.6 Å². The van der Waals surface area contributed by atoms with Crippen LogP contribution >= 0.6 is 23.2 Å². The average molecular weight is 756 g/mol. The Balaban J connectivity index is 0.000000357. The second-order valence-electron chi connectivity index (χ2n) is 13.3. The summed E-state index contributed by atoms with van der Waals surface area (Å²) in [5.74, 6) is 1.04. The van der Waals surface area contributed by atoms with Crippen LogP contribution in [0.5, 0.6) is 0 Å². The maximum atomic E-state index is 11.7. The number of alkyl halides is 1. The lowest BCUT2D eigenvalue weighted by atomic mass is 10.1. The molecule has 0 aromatic heterocycles. The molecule has 0 unspecified atom stereocenters. The van der Waals surface area contributed by atoms with Crippen molar-refractivity contribution in [2.75, 3.05) is 57.8 Å². The number of anilines is 1. The number of nitrogens with zero attached hydrogens (tertiary/aromatic N) is 3. The highest BCUT2D eigenvalue weighted by Gasteiger charge is 2.24. The number of amides is 5. The van der Waals surface area contributed by atoms with Crippen LogP contribution in [-0.2, 0) is 19.2 Å². The van der Waals surface area contributed by atoms with Crippen molar-refractivity contribution in [2.45, 2.75) is 98.2 Å². The fraction of sp³-hybridized carbons (Fsp3) is 0.639. The van der Waals surface area contributed by atoms with Gasteiger partial charge in [0.25, 0.3) is 0 Å². The van der Waals surface area contributed by atoms with Crippen molar-refractivity contribution in [2.24, 2.45) is 0 Å². The number of carbonyl (C=O) groups excluding carboxylic acids is 5. The molecule has 3 aliphatic rings. The molecule has 1 aromatic carbocycles. The van der Waals surface area contributed by atoms with E-state index in [1.807, 2.05) is 57.4 Å². The van der Waals surface area contributed by atoms with Crippen molar-refractivity contribution in [1.82, 2.24) is 36.4 Å². The van der Waals surface area contributed by atoms with Crippen LogP contribution in [0, 0.1) is 13.8 Å². The Labute approximate surface area is 314 Å². The van der Waals surface area contributed by atoms with E-state index in [1.165, 1.54) is 5.69 Å². The molecule has 0 bridgehead atoms. The molecular formula is C36H60Cl2N8O5. The van der Waals surface area contributed by atoms with E-state index in [-0.39, 0.29) is 29.8 Å². The highest BCUT2D eigenvalue weighted by atomic mass is 35.5. The summed E-state index contributed by atoms with van der Waals surface area (Å²) in [5, 5.41) is 14.5. The van der Waals surface area contributed by atoms with Crippen LogP contribution in [0.3, 0.4) is 0 Å². The lowest BCUT2D eigenvalue weighted by Gasteiger charge is -2.36. The van der Waals surface area contributed by atoms with Gasteiger partial charge in [0.15, 0.2) is 0 Å². The van der Waals surface area contributed by atoms with E-state index in [4.69, 9.17) is 23.2 Å². The summed E-state index contributed by atoms with van der Waals surface area (Å²) in [7, 11) is 1.78. The van der Waals surface area contributed by atoms with Crippen molar-refractivity contribution < 1.29 is 24.0 Å². The van der Waals surface area contributed by atoms with E-state index in [1.54, 1.807) is 20.9 Å². The number of aldehydes is 1. The van der Waals surface area contributed by atoms with Crippen molar-refractivity contribution >= 4 is 58.9 Å². The molecule has 3 aliphatic heterocycles. The third kappa shape index (κ3) is 17.0. The Bertz CT molecular complexity index is 1320. The van der Waals surface area contributed by atoms with Crippen LogP contribution in [0.1, 0.15) is 72.4 Å². The summed E-state index contributed by atoms with van der Waals surface area (Å²) in [4.78, 5) is 59.6. The van der Waals surface area contributed by atoms with Crippen molar-refractivity contribution in [1.29, 1.82) is 0 Å². The van der Waals surface area contributed by atoms with E-state index >= 15 is 0 Å². The predicted molar refractivity (Wildman–Crippen MR) is 206 cm³/mol. The van der Waals surface area contributed by atoms with Crippen LogP contribution in [0.25, 0.3) is 0 Å². The molecule has 13 nitrogen and oxygen atoms in total. The molecule has 3 saturated heterocycles. The fourth-order valence-corrected chi connectivity index (χ4v) is 5.47. The first-order chi connectivity index (χ1) is 23.8. The van der Waals surface area contributed by atoms with E-state index in [0.29, 0.717) is 18.9 Å². The third-order valence-electron chi connectivity index (χ3n) is 8.07. The number of urea groups is 1. The van der Waals surface area contributed by atoms with Gasteiger partial charge >= 0.3 is 6.03 Å². The smallest absolute Gasteiger partial charge is 0.322 e. The summed E-state index contributed by atoms with van der Waals surface area (Å²) >= 11 is 12.2. The lowest BCUT2D eigenvalue weighted by Crippen LogP contribution is -2.51. The number of carbonyl (C=O) groups is 5. The zero-order valence-corrected chi connectivity index (χ0v) is 33.6.